The van der Waals surface area contributed by atoms with Crippen LogP contribution in [0.15, 0.2) is 30.3 Å². The molecule has 2 saturated heterocycles. The van der Waals surface area contributed by atoms with Crippen LogP contribution in [0.25, 0.3) is 11.4 Å². The van der Waals surface area contributed by atoms with Crippen molar-refractivity contribution < 1.29 is 14.3 Å². The number of carbonyl (C=O) groups excluding carboxylic acids is 2. The molecule has 9 nitrogen and oxygen atoms in total. The molecule has 0 bridgehead atoms. The molecule has 9 heteroatoms. The average Bonchev–Trinajstić information content (AvgIpc) is 3.39. The summed E-state index contributed by atoms with van der Waals surface area (Å²) < 4.78 is 5.30. The highest BCUT2D eigenvalue weighted by Gasteiger charge is 2.39. The zero-order valence-electron chi connectivity index (χ0n) is 17.3. The number of tetrazole rings is 1. The summed E-state index contributed by atoms with van der Waals surface area (Å²) in [5.41, 5.74) is 0.868. The summed E-state index contributed by atoms with van der Waals surface area (Å²) in [5, 5.41) is 12.4. The summed E-state index contributed by atoms with van der Waals surface area (Å²) >= 11 is 0. The van der Waals surface area contributed by atoms with Gasteiger partial charge >= 0.3 is 6.09 Å². The lowest BCUT2D eigenvalue weighted by atomic mass is 10.00. The SMILES string of the molecule is CCCCC1COC(=O)N1C1CCN(C(=O)Cn2nnc(-c3ccccc3)n2)CC1. The second-order valence-corrected chi connectivity index (χ2v) is 7.90. The van der Waals surface area contributed by atoms with Crippen LogP contribution in [0, 0.1) is 0 Å². The van der Waals surface area contributed by atoms with E-state index in [1.54, 1.807) is 0 Å². The smallest absolute Gasteiger partial charge is 0.410 e. The number of hydrogen-bond donors (Lipinski definition) is 0. The first-order valence-electron chi connectivity index (χ1n) is 10.7. The van der Waals surface area contributed by atoms with E-state index in [-0.39, 0.29) is 30.6 Å². The van der Waals surface area contributed by atoms with Crippen LogP contribution in [-0.4, -0.2) is 73.8 Å². The van der Waals surface area contributed by atoms with Gasteiger partial charge in [-0.15, -0.1) is 10.2 Å². The van der Waals surface area contributed by atoms with E-state index in [4.69, 9.17) is 4.74 Å². The van der Waals surface area contributed by atoms with Gasteiger partial charge in [-0.2, -0.15) is 4.80 Å². The number of cyclic esters (lactones) is 1. The number of nitrogens with zero attached hydrogens (tertiary/aromatic N) is 6. The summed E-state index contributed by atoms with van der Waals surface area (Å²) in [6, 6.07) is 9.87. The summed E-state index contributed by atoms with van der Waals surface area (Å²) in [4.78, 5) is 30.0. The van der Waals surface area contributed by atoms with Gasteiger partial charge in [0.1, 0.15) is 13.2 Å². The van der Waals surface area contributed by atoms with Gasteiger partial charge in [-0.05, 0) is 24.5 Å². The number of rotatable bonds is 7. The highest BCUT2D eigenvalue weighted by molar-refractivity contribution is 5.76. The van der Waals surface area contributed by atoms with E-state index >= 15 is 0 Å². The van der Waals surface area contributed by atoms with Crippen LogP contribution in [0.1, 0.15) is 39.0 Å². The maximum Gasteiger partial charge on any atom is 0.410 e. The minimum atomic E-state index is -0.207. The Morgan fingerprint density at radius 2 is 1.97 bits per heavy atom. The molecule has 0 aliphatic carbocycles. The lowest BCUT2D eigenvalue weighted by Crippen LogP contribution is -2.50. The van der Waals surface area contributed by atoms with Crippen molar-refractivity contribution >= 4 is 12.0 Å². The molecule has 30 heavy (non-hydrogen) atoms. The van der Waals surface area contributed by atoms with E-state index in [1.807, 2.05) is 40.1 Å². The van der Waals surface area contributed by atoms with E-state index in [1.165, 1.54) is 4.80 Å². The third-order valence-corrected chi connectivity index (χ3v) is 5.87. The van der Waals surface area contributed by atoms with E-state index in [2.05, 4.69) is 22.3 Å². The van der Waals surface area contributed by atoms with Crippen LogP contribution in [0.5, 0.6) is 0 Å². The van der Waals surface area contributed by atoms with Crippen molar-refractivity contribution in [1.82, 2.24) is 30.0 Å². The summed E-state index contributed by atoms with van der Waals surface area (Å²) in [5.74, 6) is 0.477. The topological polar surface area (TPSA) is 93.5 Å². The Kier molecular flexibility index (Phi) is 6.25. The Morgan fingerprint density at radius 1 is 1.20 bits per heavy atom. The third-order valence-electron chi connectivity index (χ3n) is 5.87. The number of aromatic nitrogens is 4. The molecule has 2 fully saturated rings. The first kappa shape index (κ1) is 20.3. The molecule has 3 heterocycles. The molecule has 0 radical (unpaired) electrons. The number of piperidine rings is 1. The molecule has 1 atom stereocenters. The first-order valence-corrected chi connectivity index (χ1v) is 10.7. The van der Waals surface area contributed by atoms with Crippen LogP contribution in [0.4, 0.5) is 4.79 Å². The lowest BCUT2D eigenvalue weighted by Gasteiger charge is -2.37. The van der Waals surface area contributed by atoms with Gasteiger partial charge in [0.2, 0.25) is 11.7 Å². The van der Waals surface area contributed by atoms with Gasteiger partial charge in [0.25, 0.3) is 0 Å². The zero-order chi connectivity index (χ0) is 20.9. The number of likely N-dealkylation sites (tertiary alicyclic amines) is 1. The molecule has 0 spiro atoms. The van der Waals surface area contributed by atoms with Gasteiger partial charge in [0, 0.05) is 24.7 Å². The van der Waals surface area contributed by atoms with Gasteiger partial charge in [0.15, 0.2) is 0 Å². The van der Waals surface area contributed by atoms with Crippen molar-refractivity contribution in [1.29, 1.82) is 0 Å². The first-order chi connectivity index (χ1) is 14.7. The second-order valence-electron chi connectivity index (χ2n) is 7.90. The van der Waals surface area contributed by atoms with Crippen molar-refractivity contribution in [3.8, 4) is 11.4 Å². The zero-order valence-corrected chi connectivity index (χ0v) is 17.3. The van der Waals surface area contributed by atoms with Crippen molar-refractivity contribution in [3.05, 3.63) is 30.3 Å². The molecule has 2 aliphatic heterocycles. The predicted octanol–water partition coefficient (Wildman–Crippen LogP) is 2.34. The molecular formula is C21H28N6O3. The molecule has 0 saturated carbocycles. The van der Waals surface area contributed by atoms with E-state index in [9.17, 15) is 9.59 Å². The fourth-order valence-electron chi connectivity index (χ4n) is 4.21. The number of carbonyl (C=O) groups is 2. The summed E-state index contributed by atoms with van der Waals surface area (Å²) in [7, 11) is 0. The van der Waals surface area contributed by atoms with Crippen molar-refractivity contribution in [2.24, 2.45) is 0 Å². The fraction of sp³-hybridized carbons (Fsp3) is 0.571. The van der Waals surface area contributed by atoms with E-state index in [0.29, 0.717) is 25.5 Å². The Labute approximate surface area is 176 Å². The Balaban J connectivity index is 1.30. The molecular weight excluding hydrogens is 384 g/mol. The number of ether oxygens (including phenoxy) is 1. The predicted molar refractivity (Wildman–Crippen MR) is 109 cm³/mol. The second kappa shape index (κ2) is 9.23. The number of amides is 2. The van der Waals surface area contributed by atoms with Crippen LogP contribution < -0.4 is 0 Å². The summed E-state index contributed by atoms with van der Waals surface area (Å²) in [6.45, 7) is 3.94. The summed E-state index contributed by atoms with van der Waals surface area (Å²) in [6.07, 6.45) is 4.50. The number of hydrogen-bond acceptors (Lipinski definition) is 6. The Bertz CT molecular complexity index is 863. The Morgan fingerprint density at radius 3 is 2.70 bits per heavy atom. The third kappa shape index (κ3) is 4.44. The van der Waals surface area contributed by atoms with Gasteiger partial charge in [-0.3, -0.25) is 9.69 Å². The minimum absolute atomic E-state index is 0.0306. The molecule has 160 valence electrons. The average molecular weight is 412 g/mol. The van der Waals surface area contributed by atoms with Gasteiger partial charge in [-0.25, -0.2) is 4.79 Å². The molecule has 2 aliphatic rings. The molecule has 2 aromatic rings. The Hall–Kier alpha value is -2.97. The van der Waals surface area contributed by atoms with Crippen molar-refractivity contribution in [2.45, 2.75) is 57.7 Å². The molecule has 1 aromatic heterocycles. The maximum atomic E-state index is 12.7. The van der Waals surface area contributed by atoms with Crippen LogP contribution in [-0.2, 0) is 16.1 Å². The highest BCUT2D eigenvalue weighted by atomic mass is 16.6. The van der Waals surface area contributed by atoms with Gasteiger partial charge < -0.3 is 9.64 Å². The largest absolute Gasteiger partial charge is 0.447 e. The van der Waals surface area contributed by atoms with Gasteiger partial charge in [0.05, 0.1) is 6.04 Å². The standard InChI is InChI=1S/C21H28N6O3/c1-2-3-9-18-15-30-21(29)27(18)17-10-12-25(13-11-17)19(28)14-26-23-20(22-24-26)16-7-5-4-6-8-16/h4-8,17-18H,2-3,9-15H2,1H3. The molecule has 0 N–H and O–H groups in total. The van der Waals surface area contributed by atoms with Crippen molar-refractivity contribution in [3.63, 3.8) is 0 Å². The molecule has 4 rings (SSSR count). The molecule has 2 amide bonds. The number of benzene rings is 1. The van der Waals surface area contributed by atoms with Crippen LogP contribution >= 0.6 is 0 Å². The fourth-order valence-corrected chi connectivity index (χ4v) is 4.21. The highest BCUT2D eigenvalue weighted by Crippen LogP contribution is 2.26. The maximum absolute atomic E-state index is 12.7. The normalized spacial score (nSPS) is 19.9. The van der Waals surface area contributed by atoms with Gasteiger partial charge in [-0.1, -0.05) is 50.1 Å². The lowest BCUT2D eigenvalue weighted by molar-refractivity contribution is -0.133. The van der Waals surface area contributed by atoms with Crippen molar-refractivity contribution in [2.75, 3.05) is 19.7 Å². The van der Waals surface area contributed by atoms with E-state index < -0.39 is 0 Å². The molecule has 1 unspecified atom stereocenters. The quantitative estimate of drug-likeness (QED) is 0.693. The van der Waals surface area contributed by atoms with Crippen LogP contribution in [0.2, 0.25) is 0 Å². The van der Waals surface area contributed by atoms with Crippen LogP contribution in [0.3, 0.4) is 0 Å². The number of unbranched alkanes of at least 4 members (excludes halogenated alkanes) is 1. The molecule has 1 aromatic carbocycles. The monoisotopic (exact) mass is 412 g/mol. The van der Waals surface area contributed by atoms with E-state index in [0.717, 1.165) is 37.7 Å². The minimum Gasteiger partial charge on any atom is -0.447 e.